The van der Waals surface area contributed by atoms with Crippen LogP contribution in [-0.4, -0.2) is 43.0 Å². The third-order valence-electron chi connectivity index (χ3n) is 3.50. The lowest BCUT2D eigenvalue weighted by molar-refractivity contribution is -0.120. The van der Waals surface area contributed by atoms with Crippen LogP contribution in [0.15, 0.2) is 33.8 Å². The fraction of sp³-hybridized carbons (Fsp3) is 0.385. The minimum Gasteiger partial charge on any atom is -0.325 e. The summed E-state index contributed by atoms with van der Waals surface area (Å²) in [7, 11) is 0. The van der Waals surface area contributed by atoms with Crippen molar-refractivity contribution >= 4 is 24.4 Å². The Bertz CT molecular complexity index is 533. The normalized spacial score (nSPS) is 33.1. The van der Waals surface area contributed by atoms with Crippen LogP contribution in [-0.2, 0) is 4.79 Å². The molecule has 0 bridgehead atoms. The van der Waals surface area contributed by atoms with E-state index in [1.807, 2.05) is 12.2 Å². The van der Waals surface area contributed by atoms with Crippen molar-refractivity contribution in [3.63, 3.8) is 0 Å². The van der Waals surface area contributed by atoms with Crippen molar-refractivity contribution in [3.8, 4) is 0 Å². The molecule has 0 aromatic rings. The van der Waals surface area contributed by atoms with Crippen LogP contribution in [0.4, 0.5) is 4.79 Å². The molecular weight excluding hydrogens is 244 g/mol. The smallest absolute Gasteiger partial charge is 0.322 e. The van der Waals surface area contributed by atoms with Gasteiger partial charge in [0.05, 0.1) is 12.6 Å². The average Bonchev–Trinajstić information content (AvgIpc) is 2.79. The first-order valence-electron chi connectivity index (χ1n) is 6.25. The molecule has 6 heteroatoms. The largest absolute Gasteiger partial charge is 0.325 e. The van der Waals surface area contributed by atoms with Gasteiger partial charge < -0.3 is 5.32 Å². The van der Waals surface area contributed by atoms with Crippen LogP contribution in [0.5, 0.6) is 0 Å². The molecule has 0 saturated carbocycles. The number of hydrogen-bond acceptors (Lipinski definition) is 4. The summed E-state index contributed by atoms with van der Waals surface area (Å²) in [6.07, 6.45) is 10.2. The van der Waals surface area contributed by atoms with E-state index in [-0.39, 0.29) is 17.9 Å². The Labute approximate surface area is 110 Å². The lowest BCUT2D eigenvalue weighted by Crippen LogP contribution is -2.36. The molecule has 3 atom stereocenters. The summed E-state index contributed by atoms with van der Waals surface area (Å²) in [5.41, 5.74) is 1.12. The lowest BCUT2D eigenvalue weighted by Gasteiger charge is -2.22. The molecule has 98 valence electrons. The molecule has 1 aliphatic carbocycles. The molecule has 3 aliphatic rings. The number of urea groups is 1. The minimum atomic E-state index is -0.463. The Kier molecular flexibility index (Phi) is 2.98. The van der Waals surface area contributed by atoms with Gasteiger partial charge in [0.15, 0.2) is 0 Å². The second kappa shape index (κ2) is 4.79. The molecule has 0 spiro atoms. The van der Waals surface area contributed by atoms with Gasteiger partial charge in [-0.05, 0) is 12.0 Å². The third-order valence-corrected chi connectivity index (χ3v) is 3.50. The SMILES string of the molecule is O=C1NC(=O)C(C2C=CC(C3CN=CC=N3)=CC2)N1. The number of carbonyl (C=O) groups excluding carboxylic acids is 2. The Morgan fingerprint density at radius 2 is 2.16 bits per heavy atom. The maximum atomic E-state index is 11.6. The van der Waals surface area contributed by atoms with Crippen LogP contribution < -0.4 is 10.6 Å². The van der Waals surface area contributed by atoms with E-state index in [9.17, 15) is 9.59 Å². The molecule has 0 aromatic carbocycles. The molecule has 6 nitrogen and oxygen atoms in total. The van der Waals surface area contributed by atoms with E-state index in [1.165, 1.54) is 0 Å². The van der Waals surface area contributed by atoms with E-state index in [1.54, 1.807) is 12.4 Å². The second-order valence-corrected chi connectivity index (χ2v) is 4.73. The number of imide groups is 1. The van der Waals surface area contributed by atoms with Crippen molar-refractivity contribution in [2.75, 3.05) is 6.54 Å². The molecule has 3 amide bonds. The van der Waals surface area contributed by atoms with E-state index >= 15 is 0 Å². The maximum absolute atomic E-state index is 11.6. The van der Waals surface area contributed by atoms with E-state index in [2.05, 4.69) is 26.7 Å². The van der Waals surface area contributed by atoms with E-state index in [4.69, 9.17) is 0 Å². The molecule has 3 rings (SSSR count). The number of rotatable bonds is 2. The van der Waals surface area contributed by atoms with Crippen molar-refractivity contribution < 1.29 is 9.59 Å². The van der Waals surface area contributed by atoms with Gasteiger partial charge in [0.2, 0.25) is 0 Å². The van der Waals surface area contributed by atoms with Crippen molar-refractivity contribution in [3.05, 3.63) is 23.8 Å². The van der Waals surface area contributed by atoms with Crippen LogP contribution in [0.2, 0.25) is 0 Å². The van der Waals surface area contributed by atoms with Crippen molar-refractivity contribution in [1.29, 1.82) is 0 Å². The lowest BCUT2D eigenvalue weighted by atomic mass is 9.88. The second-order valence-electron chi connectivity index (χ2n) is 4.73. The highest BCUT2D eigenvalue weighted by Gasteiger charge is 2.35. The monoisotopic (exact) mass is 258 g/mol. The van der Waals surface area contributed by atoms with Gasteiger partial charge in [-0.25, -0.2) is 4.79 Å². The molecule has 1 fully saturated rings. The topological polar surface area (TPSA) is 82.9 Å². The van der Waals surface area contributed by atoms with Gasteiger partial charge >= 0.3 is 6.03 Å². The highest BCUT2D eigenvalue weighted by Crippen LogP contribution is 2.24. The summed E-state index contributed by atoms with van der Waals surface area (Å²) >= 11 is 0. The molecule has 2 heterocycles. The molecule has 2 N–H and O–H groups in total. The summed E-state index contributed by atoms with van der Waals surface area (Å²) < 4.78 is 0. The number of nitrogens with one attached hydrogen (secondary N) is 2. The average molecular weight is 258 g/mol. The summed E-state index contributed by atoms with van der Waals surface area (Å²) in [5, 5.41) is 4.89. The summed E-state index contributed by atoms with van der Waals surface area (Å²) in [6, 6.07) is -0.798. The molecule has 2 aliphatic heterocycles. The zero-order valence-electron chi connectivity index (χ0n) is 10.2. The van der Waals surface area contributed by atoms with Crippen LogP contribution >= 0.6 is 0 Å². The zero-order valence-corrected chi connectivity index (χ0v) is 10.2. The van der Waals surface area contributed by atoms with Crippen molar-refractivity contribution in [2.24, 2.45) is 15.9 Å². The van der Waals surface area contributed by atoms with Crippen molar-refractivity contribution in [1.82, 2.24) is 10.6 Å². The fourth-order valence-corrected chi connectivity index (χ4v) is 2.47. The first kappa shape index (κ1) is 11.8. The van der Waals surface area contributed by atoms with Gasteiger partial charge in [0.1, 0.15) is 6.04 Å². The van der Waals surface area contributed by atoms with Gasteiger partial charge in [-0.15, -0.1) is 0 Å². The van der Waals surface area contributed by atoms with Crippen LogP contribution in [0.25, 0.3) is 0 Å². The van der Waals surface area contributed by atoms with Gasteiger partial charge in [0, 0.05) is 18.3 Å². The Morgan fingerprint density at radius 1 is 1.26 bits per heavy atom. The molecule has 0 aromatic heterocycles. The maximum Gasteiger partial charge on any atom is 0.322 e. The highest BCUT2D eigenvalue weighted by atomic mass is 16.2. The number of allylic oxidation sites excluding steroid dienone is 1. The fourth-order valence-electron chi connectivity index (χ4n) is 2.47. The van der Waals surface area contributed by atoms with E-state index in [0.717, 1.165) is 12.0 Å². The first-order valence-corrected chi connectivity index (χ1v) is 6.25. The van der Waals surface area contributed by atoms with Gasteiger partial charge in [-0.2, -0.15) is 0 Å². The number of amides is 3. The van der Waals surface area contributed by atoms with Gasteiger partial charge in [-0.1, -0.05) is 18.2 Å². The number of nitrogens with zero attached hydrogens (tertiary/aromatic N) is 2. The predicted molar refractivity (Wildman–Crippen MR) is 71.4 cm³/mol. The minimum absolute atomic E-state index is 0.00581. The molecule has 19 heavy (non-hydrogen) atoms. The summed E-state index contributed by atoms with van der Waals surface area (Å²) in [5.74, 6) is -0.247. The number of carbonyl (C=O) groups is 2. The quantitative estimate of drug-likeness (QED) is 0.694. The van der Waals surface area contributed by atoms with E-state index in [0.29, 0.717) is 6.54 Å². The highest BCUT2D eigenvalue weighted by molar-refractivity contribution is 6.16. The van der Waals surface area contributed by atoms with Crippen molar-refractivity contribution in [2.45, 2.75) is 18.5 Å². The molecule has 0 radical (unpaired) electrons. The molecule has 3 unspecified atom stereocenters. The number of hydrogen-bond donors (Lipinski definition) is 2. The Morgan fingerprint density at radius 3 is 2.74 bits per heavy atom. The van der Waals surface area contributed by atoms with Crippen LogP contribution in [0.3, 0.4) is 0 Å². The molecular formula is C13H14N4O2. The van der Waals surface area contributed by atoms with Gasteiger partial charge in [0.25, 0.3) is 5.91 Å². The first-order chi connectivity index (χ1) is 9.24. The zero-order chi connectivity index (χ0) is 13.2. The van der Waals surface area contributed by atoms with Crippen LogP contribution in [0, 0.1) is 5.92 Å². The van der Waals surface area contributed by atoms with Gasteiger partial charge in [-0.3, -0.25) is 20.1 Å². The third kappa shape index (κ3) is 2.33. The number of aliphatic imine (C=N–C) groups is 2. The van der Waals surface area contributed by atoms with E-state index < -0.39 is 12.1 Å². The Balaban J connectivity index is 1.66. The predicted octanol–water partition coefficient (Wildman–Crippen LogP) is 0.221. The standard InChI is InChI=1S/C13H14N4O2/c18-12-11(16-13(19)17-12)9-3-1-8(2-4-9)10-7-14-5-6-15-10/h1-3,5-6,9-11H,4,7H2,(H2,16,17,18,19). The molecule has 1 saturated heterocycles. The Hall–Kier alpha value is -2.24. The van der Waals surface area contributed by atoms with Crippen LogP contribution in [0.1, 0.15) is 6.42 Å². The summed E-state index contributed by atoms with van der Waals surface area (Å²) in [6.45, 7) is 0.665. The summed E-state index contributed by atoms with van der Waals surface area (Å²) in [4.78, 5) is 31.2.